The Hall–Kier alpha value is -0.200. The van der Waals surface area contributed by atoms with Crippen LogP contribution in [0.15, 0.2) is 16.6 Å². The van der Waals surface area contributed by atoms with Gasteiger partial charge >= 0.3 is 0 Å². The first-order valence-corrected chi connectivity index (χ1v) is 5.26. The summed E-state index contributed by atoms with van der Waals surface area (Å²) in [6, 6.07) is 2.42. The molecule has 0 fully saturated rings. The molecule has 15 heavy (non-hydrogen) atoms. The highest BCUT2D eigenvalue weighted by molar-refractivity contribution is 9.10. The summed E-state index contributed by atoms with van der Waals surface area (Å²) in [6.07, 6.45) is -2.93. The lowest BCUT2D eigenvalue weighted by atomic mass is 10.0. The molecule has 2 unspecified atom stereocenters. The molecule has 3 N–H and O–H groups in total. The normalized spacial score (nSPS) is 15.1. The molecule has 1 aromatic rings. The molecule has 1 rings (SSSR count). The number of benzene rings is 1. The summed E-state index contributed by atoms with van der Waals surface area (Å²) < 4.78 is 13.6. The Kier molecular flexibility index (Phi) is 4.48. The van der Waals surface area contributed by atoms with Crippen molar-refractivity contribution in [2.24, 2.45) is 0 Å². The third-order valence-electron chi connectivity index (χ3n) is 1.89. The number of aliphatic hydroxyl groups excluding tert-OH is 3. The minimum atomic E-state index is -1.50. The topological polar surface area (TPSA) is 60.7 Å². The van der Waals surface area contributed by atoms with Gasteiger partial charge in [-0.25, -0.2) is 4.39 Å². The van der Waals surface area contributed by atoms with Gasteiger partial charge in [0.25, 0.3) is 0 Å². The van der Waals surface area contributed by atoms with Crippen molar-refractivity contribution >= 4 is 27.5 Å². The van der Waals surface area contributed by atoms with Gasteiger partial charge in [0.05, 0.1) is 6.61 Å². The van der Waals surface area contributed by atoms with E-state index in [9.17, 15) is 14.6 Å². The lowest BCUT2D eigenvalue weighted by Crippen LogP contribution is -2.23. The monoisotopic (exact) mass is 298 g/mol. The molecule has 0 aliphatic heterocycles. The Morgan fingerprint density at radius 1 is 1.40 bits per heavy atom. The number of hydrogen-bond donors (Lipinski definition) is 3. The van der Waals surface area contributed by atoms with Crippen LogP contribution in [-0.2, 0) is 0 Å². The van der Waals surface area contributed by atoms with Crippen molar-refractivity contribution < 1.29 is 19.7 Å². The predicted molar refractivity (Wildman–Crippen MR) is 57.2 cm³/mol. The molecular formula is C9H9BrClFO3. The zero-order chi connectivity index (χ0) is 11.6. The van der Waals surface area contributed by atoms with Gasteiger partial charge in [0, 0.05) is 15.1 Å². The van der Waals surface area contributed by atoms with Gasteiger partial charge in [0.15, 0.2) is 0 Å². The lowest BCUT2D eigenvalue weighted by Gasteiger charge is -2.18. The van der Waals surface area contributed by atoms with Gasteiger partial charge in [-0.2, -0.15) is 0 Å². The highest BCUT2D eigenvalue weighted by Crippen LogP contribution is 2.31. The highest BCUT2D eigenvalue weighted by Gasteiger charge is 2.23. The first-order valence-electron chi connectivity index (χ1n) is 4.08. The first kappa shape index (κ1) is 12.9. The summed E-state index contributed by atoms with van der Waals surface area (Å²) in [5, 5.41) is 27.5. The van der Waals surface area contributed by atoms with E-state index in [0.29, 0.717) is 0 Å². The van der Waals surface area contributed by atoms with E-state index in [-0.39, 0.29) is 15.1 Å². The minimum Gasteiger partial charge on any atom is -0.394 e. The molecule has 0 saturated heterocycles. The van der Waals surface area contributed by atoms with Gasteiger partial charge in [-0.3, -0.25) is 0 Å². The van der Waals surface area contributed by atoms with E-state index >= 15 is 0 Å². The Morgan fingerprint density at radius 2 is 2.00 bits per heavy atom. The van der Waals surface area contributed by atoms with Crippen molar-refractivity contribution in [3.63, 3.8) is 0 Å². The Balaban J connectivity index is 3.13. The zero-order valence-corrected chi connectivity index (χ0v) is 9.83. The summed E-state index contributed by atoms with van der Waals surface area (Å²) in [5.74, 6) is -0.741. The standard InChI is InChI=1S/C9H9BrClFO3/c10-5-1-4(11)2-6(12)8(5)9(15)7(14)3-13/h1-2,7,9,13-15H,3H2. The maximum atomic E-state index is 13.4. The molecule has 84 valence electrons. The maximum absolute atomic E-state index is 13.4. The number of halogens is 3. The van der Waals surface area contributed by atoms with E-state index in [1.54, 1.807) is 0 Å². The maximum Gasteiger partial charge on any atom is 0.131 e. The van der Waals surface area contributed by atoms with Crippen LogP contribution in [0.25, 0.3) is 0 Å². The van der Waals surface area contributed by atoms with Crippen LogP contribution in [0.1, 0.15) is 11.7 Å². The van der Waals surface area contributed by atoms with Crippen LogP contribution in [0.5, 0.6) is 0 Å². The van der Waals surface area contributed by atoms with Crippen molar-refractivity contribution in [3.8, 4) is 0 Å². The molecule has 0 amide bonds. The third-order valence-corrected chi connectivity index (χ3v) is 2.77. The van der Waals surface area contributed by atoms with Crippen LogP contribution < -0.4 is 0 Å². The molecule has 0 heterocycles. The highest BCUT2D eigenvalue weighted by atomic mass is 79.9. The molecule has 3 nitrogen and oxygen atoms in total. The number of hydrogen-bond acceptors (Lipinski definition) is 3. The minimum absolute atomic E-state index is 0.124. The fraction of sp³-hybridized carbons (Fsp3) is 0.333. The second kappa shape index (κ2) is 5.23. The average molecular weight is 300 g/mol. The second-order valence-electron chi connectivity index (χ2n) is 2.98. The van der Waals surface area contributed by atoms with Crippen molar-refractivity contribution in [1.29, 1.82) is 0 Å². The van der Waals surface area contributed by atoms with Gasteiger partial charge < -0.3 is 15.3 Å². The van der Waals surface area contributed by atoms with Crippen LogP contribution in [0, 0.1) is 5.82 Å². The van der Waals surface area contributed by atoms with E-state index in [1.165, 1.54) is 6.07 Å². The molecule has 2 atom stereocenters. The van der Waals surface area contributed by atoms with Crippen LogP contribution in [0.3, 0.4) is 0 Å². The van der Waals surface area contributed by atoms with Gasteiger partial charge in [-0.1, -0.05) is 27.5 Å². The predicted octanol–water partition coefficient (Wildman–Crippen LogP) is 1.63. The molecule has 6 heteroatoms. The average Bonchev–Trinajstić information content (AvgIpc) is 2.14. The first-order chi connectivity index (χ1) is 6.97. The Labute approximate surface area is 99.2 Å². The van der Waals surface area contributed by atoms with Crippen molar-refractivity contribution in [2.75, 3.05) is 6.61 Å². The lowest BCUT2D eigenvalue weighted by molar-refractivity contribution is -0.0171. The zero-order valence-electron chi connectivity index (χ0n) is 7.49. The Morgan fingerprint density at radius 3 is 2.47 bits per heavy atom. The Bertz CT molecular complexity index is 338. The molecule has 0 aliphatic rings. The molecule has 0 spiro atoms. The molecule has 0 bridgehead atoms. The van der Waals surface area contributed by atoms with Crippen molar-refractivity contribution in [3.05, 3.63) is 33.0 Å². The SMILES string of the molecule is OCC(O)C(O)c1c(F)cc(Cl)cc1Br. The smallest absolute Gasteiger partial charge is 0.131 e. The van der Waals surface area contributed by atoms with E-state index < -0.39 is 24.6 Å². The molecular weight excluding hydrogens is 290 g/mol. The van der Waals surface area contributed by atoms with Crippen LogP contribution in [-0.4, -0.2) is 28.0 Å². The van der Waals surface area contributed by atoms with E-state index in [1.807, 2.05) is 0 Å². The molecule has 0 aliphatic carbocycles. The second-order valence-corrected chi connectivity index (χ2v) is 4.27. The van der Waals surface area contributed by atoms with E-state index in [2.05, 4.69) is 15.9 Å². The van der Waals surface area contributed by atoms with Crippen LogP contribution in [0.4, 0.5) is 4.39 Å². The fourth-order valence-corrected chi connectivity index (χ4v) is 2.14. The van der Waals surface area contributed by atoms with Crippen LogP contribution >= 0.6 is 27.5 Å². The van der Waals surface area contributed by atoms with Gasteiger partial charge in [-0.15, -0.1) is 0 Å². The number of rotatable bonds is 3. The van der Waals surface area contributed by atoms with E-state index in [0.717, 1.165) is 6.07 Å². The third kappa shape index (κ3) is 2.89. The van der Waals surface area contributed by atoms with Gasteiger partial charge in [0.1, 0.15) is 18.0 Å². The quantitative estimate of drug-likeness (QED) is 0.795. The number of aliphatic hydroxyl groups is 3. The molecule has 0 radical (unpaired) electrons. The fourth-order valence-electron chi connectivity index (χ4n) is 1.13. The molecule has 0 aromatic heterocycles. The van der Waals surface area contributed by atoms with E-state index in [4.69, 9.17) is 16.7 Å². The summed E-state index contributed by atoms with van der Waals surface area (Å²) in [5.41, 5.74) is -0.124. The van der Waals surface area contributed by atoms with Crippen molar-refractivity contribution in [1.82, 2.24) is 0 Å². The van der Waals surface area contributed by atoms with Gasteiger partial charge in [0.2, 0.25) is 0 Å². The largest absolute Gasteiger partial charge is 0.394 e. The van der Waals surface area contributed by atoms with Gasteiger partial charge in [-0.05, 0) is 12.1 Å². The molecule has 1 aromatic carbocycles. The van der Waals surface area contributed by atoms with Crippen LogP contribution in [0.2, 0.25) is 5.02 Å². The summed E-state index contributed by atoms with van der Waals surface area (Å²) in [4.78, 5) is 0. The summed E-state index contributed by atoms with van der Waals surface area (Å²) in [6.45, 7) is -0.657. The molecule has 0 saturated carbocycles. The summed E-state index contributed by atoms with van der Waals surface area (Å²) in [7, 11) is 0. The van der Waals surface area contributed by atoms with Crippen molar-refractivity contribution in [2.45, 2.75) is 12.2 Å². The summed E-state index contributed by atoms with van der Waals surface area (Å²) >= 11 is 8.60.